The lowest BCUT2D eigenvalue weighted by Gasteiger charge is -2.30. The van der Waals surface area contributed by atoms with Gasteiger partial charge in [-0.15, -0.1) is 0 Å². The summed E-state index contributed by atoms with van der Waals surface area (Å²) in [6, 6.07) is 19.5. The number of urea groups is 1. The van der Waals surface area contributed by atoms with E-state index in [9.17, 15) is 14.4 Å². The Kier molecular flexibility index (Phi) is 6.88. The van der Waals surface area contributed by atoms with Gasteiger partial charge in [-0.25, -0.2) is 4.79 Å². The number of nitrogens with one attached hydrogen (secondary N) is 2. The maximum atomic E-state index is 13.0. The molecule has 0 aromatic heterocycles. The molecule has 2 N–H and O–H groups in total. The summed E-state index contributed by atoms with van der Waals surface area (Å²) in [4.78, 5) is 39.5. The number of hydrogen-bond acceptors (Lipinski definition) is 3. The van der Waals surface area contributed by atoms with E-state index in [1.165, 1.54) is 5.56 Å². The highest BCUT2D eigenvalue weighted by atomic mass is 16.2. The number of aryl methyl sites for hydroxylation is 1. The third-order valence-corrected chi connectivity index (χ3v) is 6.59. The van der Waals surface area contributed by atoms with Crippen LogP contribution < -0.4 is 10.6 Å². The summed E-state index contributed by atoms with van der Waals surface area (Å²) in [6.45, 7) is -0.242. The highest BCUT2D eigenvalue weighted by Gasteiger charge is 2.51. The molecule has 1 unspecified atom stereocenters. The molecule has 1 spiro atoms. The summed E-state index contributed by atoms with van der Waals surface area (Å²) >= 11 is 0. The maximum Gasteiger partial charge on any atom is 0.325 e. The first-order chi connectivity index (χ1) is 15.6. The van der Waals surface area contributed by atoms with Crippen molar-refractivity contribution in [1.82, 2.24) is 15.5 Å². The SMILES string of the molecule is O=C(CN1C(=O)NC2(CCCCC2)C1=O)NC(CCCc1ccccc1)c1ccccc1. The van der Waals surface area contributed by atoms with E-state index in [0.29, 0.717) is 12.8 Å². The molecule has 0 bridgehead atoms. The number of imide groups is 1. The van der Waals surface area contributed by atoms with Crippen molar-refractivity contribution in [3.8, 4) is 0 Å². The summed E-state index contributed by atoms with van der Waals surface area (Å²) in [5.41, 5.74) is 1.49. The van der Waals surface area contributed by atoms with Crippen molar-refractivity contribution in [1.29, 1.82) is 0 Å². The lowest BCUT2D eigenvalue weighted by molar-refractivity contribution is -0.136. The molecule has 1 saturated carbocycles. The Morgan fingerprint density at radius 1 is 0.969 bits per heavy atom. The number of carbonyl (C=O) groups excluding carboxylic acids is 3. The van der Waals surface area contributed by atoms with Crippen LogP contribution in [0.25, 0.3) is 0 Å². The van der Waals surface area contributed by atoms with E-state index in [2.05, 4.69) is 22.8 Å². The monoisotopic (exact) mass is 433 g/mol. The lowest BCUT2D eigenvalue weighted by Crippen LogP contribution is -2.49. The fourth-order valence-corrected chi connectivity index (χ4v) is 4.86. The average molecular weight is 434 g/mol. The van der Waals surface area contributed by atoms with Crippen LogP contribution in [0.2, 0.25) is 0 Å². The molecule has 2 fully saturated rings. The van der Waals surface area contributed by atoms with Crippen molar-refractivity contribution in [2.45, 2.75) is 62.9 Å². The van der Waals surface area contributed by atoms with Crippen molar-refractivity contribution in [3.05, 3.63) is 71.8 Å². The van der Waals surface area contributed by atoms with Gasteiger partial charge in [-0.3, -0.25) is 14.5 Å². The molecular formula is C26H31N3O3. The first kappa shape index (κ1) is 22.1. The Bertz CT molecular complexity index is 939. The zero-order chi connectivity index (χ0) is 22.4. The molecule has 1 heterocycles. The van der Waals surface area contributed by atoms with Gasteiger partial charge in [-0.1, -0.05) is 79.9 Å². The van der Waals surface area contributed by atoms with Gasteiger partial charge in [0.15, 0.2) is 0 Å². The maximum absolute atomic E-state index is 13.0. The van der Waals surface area contributed by atoms with Crippen LogP contribution in [0.5, 0.6) is 0 Å². The molecule has 6 heteroatoms. The van der Waals surface area contributed by atoms with Crippen LogP contribution in [0, 0.1) is 0 Å². The van der Waals surface area contributed by atoms with Crippen LogP contribution in [0.15, 0.2) is 60.7 Å². The van der Waals surface area contributed by atoms with E-state index in [1.807, 2.05) is 48.5 Å². The Labute approximate surface area is 189 Å². The zero-order valence-electron chi connectivity index (χ0n) is 18.4. The molecule has 1 aliphatic heterocycles. The molecule has 2 aliphatic rings. The minimum absolute atomic E-state index is 0.170. The fourth-order valence-electron chi connectivity index (χ4n) is 4.86. The Morgan fingerprint density at radius 3 is 2.31 bits per heavy atom. The molecule has 2 aromatic rings. The van der Waals surface area contributed by atoms with E-state index in [4.69, 9.17) is 0 Å². The predicted molar refractivity (Wildman–Crippen MR) is 123 cm³/mol. The number of benzene rings is 2. The van der Waals surface area contributed by atoms with E-state index >= 15 is 0 Å². The van der Waals surface area contributed by atoms with Crippen molar-refractivity contribution < 1.29 is 14.4 Å². The van der Waals surface area contributed by atoms with Gasteiger partial charge in [-0.2, -0.15) is 0 Å². The van der Waals surface area contributed by atoms with Crippen LogP contribution in [-0.4, -0.2) is 34.8 Å². The van der Waals surface area contributed by atoms with E-state index in [0.717, 1.165) is 49.0 Å². The third-order valence-electron chi connectivity index (χ3n) is 6.59. The van der Waals surface area contributed by atoms with Crippen LogP contribution in [0.4, 0.5) is 4.79 Å². The van der Waals surface area contributed by atoms with Crippen molar-refractivity contribution in [2.24, 2.45) is 0 Å². The topological polar surface area (TPSA) is 78.5 Å². The number of amides is 4. The van der Waals surface area contributed by atoms with E-state index < -0.39 is 11.6 Å². The zero-order valence-corrected chi connectivity index (χ0v) is 18.4. The molecule has 1 atom stereocenters. The minimum atomic E-state index is -0.801. The number of nitrogens with zero attached hydrogens (tertiary/aromatic N) is 1. The van der Waals surface area contributed by atoms with E-state index in [-0.39, 0.29) is 24.4 Å². The molecule has 2 aromatic carbocycles. The highest BCUT2D eigenvalue weighted by Crippen LogP contribution is 2.33. The quantitative estimate of drug-likeness (QED) is 0.615. The van der Waals surface area contributed by atoms with Crippen LogP contribution in [-0.2, 0) is 16.0 Å². The predicted octanol–water partition coefficient (Wildman–Crippen LogP) is 4.12. The first-order valence-electron chi connectivity index (χ1n) is 11.6. The van der Waals surface area contributed by atoms with Crippen molar-refractivity contribution in [2.75, 3.05) is 6.54 Å². The van der Waals surface area contributed by atoms with Crippen molar-refractivity contribution >= 4 is 17.8 Å². The normalized spacial score (nSPS) is 18.4. The minimum Gasteiger partial charge on any atom is -0.348 e. The summed E-state index contributed by atoms with van der Waals surface area (Å²) in [7, 11) is 0. The number of rotatable bonds is 8. The first-order valence-corrected chi connectivity index (χ1v) is 11.6. The molecular weight excluding hydrogens is 402 g/mol. The van der Waals surface area contributed by atoms with Gasteiger partial charge in [0, 0.05) is 0 Å². The van der Waals surface area contributed by atoms with Gasteiger partial charge in [0.05, 0.1) is 6.04 Å². The van der Waals surface area contributed by atoms with Crippen LogP contribution >= 0.6 is 0 Å². The number of hydrogen-bond donors (Lipinski definition) is 2. The van der Waals surface area contributed by atoms with Gasteiger partial charge < -0.3 is 10.6 Å². The summed E-state index contributed by atoms with van der Waals surface area (Å²) in [6.07, 6.45) is 6.84. The largest absolute Gasteiger partial charge is 0.348 e. The van der Waals surface area contributed by atoms with Gasteiger partial charge in [0.25, 0.3) is 5.91 Å². The lowest BCUT2D eigenvalue weighted by atomic mass is 9.82. The van der Waals surface area contributed by atoms with Crippen LogP contribution in [0.1, 0.15) is 62.1 Å². The van der Waals surface area contributed by atoms with Gasteiger partial charge in [0.2, 0.25) is 5.91 Å². The van der Waals surface area contributed by atoms with Gasteiger partial charge >= 0.3 is 6.03 Å². The summed E-state index contributed by atoms with van der Waals surface area (Å²) in [5.74, 6) is -0.562. The molecule has 1 aliphatic carbocycles. The van der Waals surface area contributed by atoms with Gasteiger partial charge in [-0.05, 0) is 43.2 Å². The van der Waals surface area contributed by atoms with Gasteiger partial charge in [0.1, 0.15) is 12.1 Å². The van der Waals surface area contributed by atoms with Crippen LogP contribution in [0.3, 0.4) is 0 Å². The molecule has 32 heavy (non-hydrogen) atoms. The second-order valence-electron chi connectivity index (χ2n) is 8.87. The molecule has 168 valence electrons. The highest BCUT2D eigenvalue weighted by molar-refractivity contribution is 6.09. The Balaban J connectivity index is 1.38. The standard InChI is InChI=1S/C26H31N3O3/c30-23(19-29-24(31)26(28-25(29)32)17-8-3-9-18-26)27-22(21-14-6-2-7-15-21)16-10-13-20-11-4-1-5-12-20/h1-2,4-7,11-12,14-15,22H,3,8-10,13,16-19H2,(H,27,30)(H,28,32). The smallest absolute Gasteiger partial charge is 0.325 e. The fraction of sp³-hybridized carbons (Fsp3) is 0.423. The molecule has 4 amide bonds. The average Bonchev–Trinajstić information content (AvgIpc) is 3.04. The van der Waals surface area contributed by atoms with E-state index in [1.54, 1.807) is 0 Å². The number of carbonyl (C=O) groups is 3. The molecule has 6 nitrogen and oxygen atoms in total. The Hall–Kier alpha value is -3.15. The second-order valence-corrected chi connectivity index (χ2v) is 8.87. The summed E-state index contributed by atoms with van der Waals surface area (Å²) < 4.78 is 0. The second kappa shape index (κ2) is 9.98. The van der Waals surface area contributed by atoms with Crippen molar-refractivity contribution in [3.63, 3.8) is 0 Å². The summed E-state index contributed by atoms with van der Waals surface area (Å²) in [5, 5.41) is 5.94. The molecule has 0 radical (unpaired) electrons. The molecule has 1 saturated heterocycles. The molecule has 4 rings (SSSR count). The third kappa shape index (κ3) is 5.01. The Morgan fingerprint density at radius 2 is 1.62 bits per heavy atom.